The lowest BCUT2D eigenvalue weighted by Gasteiger charge is -2.29. The topological polar surface area (TPSA) is 12.9 Å². The van der Waals surface area contributed by atoms with E-state index in [0.29, 0.717) is 11.1 Å². The van der Waals surface area contributed by atoms with Crippen LogP contribution in [0.4, 0.5) is 0 Å². The molecule has 0 aliphatic heterocycles. The summed E-state index contributed by atoms with van der Waals surface area (Å²) in [4.78, 5) is 4.22. The predicted molar refractivity (Wildman–Crippen MR) is 89.0 cm³/mol. The maximum Gasteiger partial charge on any atom is 0.129 e. The number of aryl methyl sites for hydroxylation is 1. The minimum absolute atomic E-state index is 0.587. The van der Waals surface area contributed by atoms with Gasteiger partial charge in [0.25, 0.3) is 0 Å². The number of pyridine rings is 1. The van der Waals surface area contributed by atoms with Crippen molar-refractivity contribution < 1.29 is 0 Å². The van der Waals surface area contributed by atoms with E-state index in [0.717, 1.165) is 12.3 Å². The molecule has 1 aliphatic carbocycles. The first kappa shape index (κ1) is 14.6. The van der Waals surface area contributed by atoms with Crippen LogP contribution in [0.15, 0.2) is 42.6 Å². The smallest absolute Gasteiger partial charge is 0.129 e. The van der Waals surface area contributed by atoms with Gasteiger partial charge in [-0.25, -0.2) is 4.98 Å². The average molecular weight is 300 g/mol. The molecule has 110 valence electrons. The van der Waals surface area contributed by atoms with Crippen molar-refractivity contribution in [3.05, 3.63) is 64.4 Å². The highest BCUT2D eigenvalue weighted by Crippen LogP contribution is 2.40. The van der Waals surface area contributed by atoms with Crippen molar-refractivity contribution >= 4 is 11.6 Å². The first-order chi connectivity index (χ1) is 10.3. The summed E-state index contributed by atoms with van der Waals surface area (Å²) in [5, 5.41) is 0.587. The zero-order valence-corrected chi connectivity index (χ0v) is 13.3. The Balaban J connectivity index is 1.62. The van der Waals surface area contributed by atoms with Crippen LogP contribution in [0, 0.1) is 0 Å². The molecule has 3 rings (SSSR count). The zero-order chi connectivity index (χ0) is 14.7. The van der Waals surface area contributed by atoms with E-state index in [1.54, 1.807) is 0 Å². The lowest BCUT2D eigenvalue weighted by molar-refractivity contribution is 0.396. The highest BCUT2D eigenvalue weighted by Gasteiger charge is 2.23. The van der Waals surface area contributed by atoms with E-state index in [4.69, 9.17) is 11.6 Å². The molecule has 1 heterocycles. The number of rotatable bonds is 3. The van der Waals surface area contributed by atoms with Crippen LogP contribution < -0.4 is 0 Å². The minimum Gasteiger partial charge on any atom is -0.244 e. The van der Waals surface area contributed by atoms with Gasteiger partial charge in [-0.1, -0.05) is 48.9 Å². The number of benzene rings is 1. The van der Waals surface area contributed by atoms with Crippen molar-refractivity contribution in [3.8, 4) is 0 Å². The van der Waals surface area contributed by atoms with Crippen LogP contribution in [-0.2, 0) is 6.42 Å². The molecule has 0 spiro atoms. The van der Waals surface area contributed by atoms with E-state index < -0.39 is 0 Å². The maximum absolute atomic E-state index is 5.87. The second-order valence-corrected chi connectivity index (χ2v) is 6.45. The molecule has 1 aromatic heterocycles. The van der Waals surface area contributed by atoms with E-state index in [-0.39, 0.29) is 0 Å². The van der Waals surface area contributed by atoms with Crippen LogP contribution >= 0.6 is 11.6 Å². The number of nitrogens with zero attached hydrogens (tertiary/aromatic N) is 1. The summed E-state index contributed by atoms with van der Waals surface area (Å²) < 4.78 is 0. The molecular formula is C19H22ClN. The Morgan fingerprint density at radius 3 is 2.00 bits per heavy atom. The largest absolute Gasteiger partial charge is 0.244 e. The fourth-order valence-corrected chi connectivity index (χ4v) is 3.53. The summed E-state index contributed by atoms with van der Waals surface area (Å²) in [5.74, 6) is 1.38. The fourth-order valence-electron chi connectivity index (χ4n) is 3.41. The summed E-state index contributed by atoms with van der Waals surface area (Å²) in [5.41, 5.74) is 4.29. The van der Waals surface area contributed by atoms with Gasteiger partial charge < -0.3 is 0 Å². The first-order valence-electron chi connectivity index (χ1n) is 7.96. The van der Waals surface area contributed by atoms with Crippen molar-refractivity contribution in [3.63, 3.8) is 0 Å². The summed E-state index contributed by atoms with van der Waals surface area (Å²) in [7, 11) is 0. The Labute approximate surface area is 132 Å². The van der Waals surface area contributed by atoms with Gasteiger partial charge in [-0.3, -0.25) is 0 Å². The van der Waals surface area contributed by atoms with Crippen molar-refractivity contribution in [1.82, 2.24) is 4.98 Å². The normalized spacial score (nSPS) is 22.2. The molecule has 1 aliphatic rings. The summed E-state index contributed by atoms with van der Waals surface area (Å²) >= 11 is 5.87. The molecule has 0 radical (unpaired) electrons. The van der Waals surface area contributed by atoms with E-state index in [2.05, 4.69) is 42.2 Å². The van der Waals surface area contributed by atoms with Gasteiger partial charge in [-0.2, -0.15) is 0 Å². The molecule has 0 unspecified atom stereocenters. The van der Waals surface area contributed by atoms with Gasteiger partial charge in [-0.15, -0.1) is 0 Å². The Hall–Kier alpha value is -1.34. The van der Waals surface area contributed by atoms with Gasteiger partial charge in [0.15, 0.2) is 0 Å². The molecule has 1 aromatic carbocycles. The fraction of sp³-hybridized carbons (Fsp3) is 0.421. The third-order valence-electron chi connectivity index (χ3n) is 4.81. The van der Waals surface area contributed by atoms with Gasteiger partial charge in [0.05, 0.1) is 0 Å². The standard InChI is InChI=1S/C19H22ClN/c1-2-14-3-5-15(6-4-14)16-7-9-17(10-8-16)18-11-12-19(20)21-13-18/h3-6,11-13,16-17H,2,7-10H2,1H3/t16-,17-. The Morgan fingerprint density at radius 2 is 1.48 bits per heavy atom. The second kappa shape index (κ2) is 6.62. The molecule has 2 heteroatoms. The molecule has 0 atom stereocenters. The SMILES string of the molecule is CCc1ccc([C@H]2CC[C@H](c3ccc(Cl)nc3)CC2)cc1. The monoisotopic (exact) mass is 299 g/mol. The molecular weight excluding hydrogens is 278 g/mol. The number of halogens is 1. The predicted octanol–water partition coefficient (Wildman–Crippen LogP) is 5.74. The second-order valence-electron chi connectivity index (χ2n) is 6.06. The highest BCUT2D eigenvalue weighted by molar-refractivity contribution is 6.29. The quantitative estimate of drug-likeness (QED) is 0.659. The van der Waals surface area contributed by atoms with Crippen LogP contribution in [0.2, 0.25) is 5.15 Å². The lowest BCUT2D eigenvalue weighted by atomic mass is 9.76. The van der Waals surface area contributed by atoms with Gasteiger partial charge in [0, 0.05) is 6.20 Å². The van der Waals surface area contributed by atoms with Crippen LogP contribution in [0.5, 0.6) is 0 Å². The van der Waals surface area contributed by atoms with Crippen LogP contribution in [-0.4, -0.2) is 4.98 Å². The summed E-state index contributed by atoms with van der Waals surface area (Å²) in [6.07, 6.45) is 8.13. The van der Waals surface area contributed by atoms with Crippen molar-refractivity contribution in [1.29, 1.82) is 0 Å². The summed E-state index contributed by atoms with van der Waals surface area (Å²) in [6.45, 7) is 2.21. The molecule has 21 heavy (non-hydrogen) atoms. The third-order valence-corrected chi connectivity index (χ3v) is 5.03. The molecule has 0 N–H and O–H groups in total. The lowest BCUT2D eigenvalue weighted by Crippen LogP contribution is -2.12. The van der Waals surface area contributed by atoms with Crippen molar-refractivity contribution in [2.75, 3.05) is 0 Å². The zero-order valence-electron chi connectivity index (χ0n) is 12.6. The molecule has 1 nitrogen and oxygen atoms in total. The molecule has 2 aromatic rings. The highest BCUT2D eigenvalue weighted by atomic mass is 35.5. The molecule has 0 bridgehead atoms. The van der Waals surface area contributed by atoms with Gasteiger partial charge in [0.1, 0.15) is 5.15 Å². The maximum atomic E-state index is 5.87. The number of aromatic nitrogens is 1. The minimum atomic E-state index is 0.587. The van der Waals surface area contributed by atoms with E-state index in [1.807, 2.05) is 12.3 Å². The van der Waals surface area contributed by atoms with Crippen LogP contribution in [0.25, 0.3) is 0 Å². The Kier molecular flexibility index (Phi) is 4.60. The summed E-state index contributed by atoms with van der Waals surface area (Å²) in [6, 6.07) is 13.3. The molecule has 1 saturated carbocycles. The van der Waals surface area contributed by atoms with Crippen molar-refractivity contribution in [2.45, 2.75) is 50.9 Å². The van der Waals surface area contributed by atoms with E-state index in [9.17, 15) is 0 Å². The van der Waals surface area contributed by atoms with Gasteiger partial charge in [0.2, 0.25) is 0 Å². The number of hydrogen-bond acceptors (Lipinski definition) is 1. The molecule has 1 fully saturated rings. The average Bonchev–Trinajstić information content (AvgIpc) is 2.56. The number of hydrogen-bond donors (Lipinski definition) is 0. The molecule has 0 amide bonds. The first-order valence-corrected chi connectivity index (χ1v) is 8.34. The van der Waals surface area contributed by atoms with Gasteiger partial charge >= 0.3 is 0 Å². The Bertz CT molecular complexity index is 566. The van der Waals surface area contributed by atoms with E-state index >= 15 is 0 Å². The van der Waals surface area contributed by atoms with E-state index in [1.165, 1.54) is 42.4 Å². The van der Waals surface area contributed by atoms with Crippen LogP contribution in [0.1, 0.15) is 61.1 Å². The van der Waals surface area contributed by atoms with Crippen LogP contribution in [0.3, 0.4) is 0 Å². The molecule has 0 saturated heterocycles. The third kappa shape index (κ3) is 3.47. The Morgan fingerprint density at radius 1 is 0.905 bits per heavy atom. The van der Waals surface area contributed by atoms with Gasteiger partial charge in [-0.05, 0) is 66.7 Å². The van der Waals surface area contributed by atoms with Crippen molar-refractivity contribution in [2.24, 2.45) is 0 Å².